The molecule has 2 heterocycles. The largest absolute Gasteiger partial charge is 0.493 e. The van der Waals surface area contributed by atoms with Crippen LogP contribution in [0.1, 0.15) is 94.6 Å². The fourth-order valence-electron chi connectivity index (χ4n) is 11.1. The van der Waals surface area contributed by atoms with Gasteiger partial charge in [-0.3, -0.25) is 4.90 Å². The normalized spacial score (nSPS) is 42.0. The second kappa shape index (κ2) is 8.60. The van der Waals surface area contributed by atoms with E-state index in [1.807, 2.05) is 7.11 Å². The summed E-state index contributed by atoms with van der Waals surface area (Å²) in [6.07, 6.45) is 16.9. The van der Waals surface area contributed by atoms with E-state index >= 15 is 0 Å². The van der Waals surface area contributed by atoms with Crippen molar-refractivity contribution in [3.05, 3.63) is 23.3 Å². The van der Waals surface area contributed by atoms with E-state index in [1.54, 1.807) is 7.11 Å². The van der Waals surface area contributed by atoms with E-state index in [0.29, 0.717) is 6.04 Å². The maximum atomic E-state index is 12.0. The maximum absolute atomic E-state index is 12.0. The Morgan fingerprint density at radius 1 is 1.05 bits per heavy atom. The summed E-state index contributed by atoms with van der Waals surface area (Å²) >= 11 is 0. The van der Waals surface area contributed by atoms with Crippen molar-refractivity contribution in [3.63, 3.8) is 0 Å². The maximum Gasteiger partial charge on any atom is 0.165 e. The molecular weight excluding hydrogens is 474 g/mol. The summed E-state index contributed by atoms with van der Waals surface area (Å²) in [6.45, 7) is 2.42. The predicted octanol–water partition coefficient (Wildman–Crippen LogP) is 5.64. The highest BCUT2D eigenvalue weighted by Gasteiger charge is 2.81. The molecule has 6 fully saturated rings. The molecule has 208 valence electrons. The number of benzene rings is 1. The van der Waals surface area contributed by atoms with Gasteiger partial charge in [0.15, 0.2) is 11.5 Å². The molecule has 8 aliphatic rings. The summed E-state index contributed by atoms with van der Waals surface area (Å²) in [4.78, 5) is 2.89. The molecule has 1 aromatic rings. The molecule has 5 nitrogen and oxygen atoms in total. The van der Waals surface area contributed by atoms with E-state index < -0.39 is 5.60 Å². The van der Waals surface area contributed by atoms with Crippen LogP contribution in [0.4, 0.5) is 0 Å². The van der Waals surface area contributed by atoms with Crippen LogP contribution in [0.25, 0.3) is 0 Å². The first kappa shape index (κ1) is 24.5. The van der Waals surface area contributed by atoms with Crippen LogP contribution in [0.3, 0.4) is 0 Å². The van der Waals surface area contributed by atoms with Crippen LogP contribution in [0, 0.1) is 23.2 Å². The van der Waals surface area contributed by atoms with Gasteiger partial charge in [0, 0.05) is 42.0 Å². The number of hydrogen-bond acceptors (Lipinski definition) is 5. The number of fused-ring (bicyclic) bond motifs is 2. The quantitative estimate of drug-likeness (QED) is 0.480. The minimum absolute atomic E-state index is 0.0248. The lowest BCUT2D eigenvalue weighted by Gasteiger charge is -2.74. The lowest BCUT2D eigenvalue weighted by molar-refractivity contribution is -0.290. The van der Waals surface area contributed by atoms with E-state index in [1.165, 1.54) is 69.0 Å². The fraction of sp³-hybridized carbons (Fsp3) is 0.818. The van der Waals surface area contributed by atoms with E-state index in [-0.39, 0.29) is 29.0 Å². The van der Waals surface area contributed by atoms with Gasteiger partial charge < -0.3 is 19.3 Å². The zero-order valence-corrected chi connectivity index (χ0v) is 23.6. The predicted molar refractivity (Wildman–Crippen MR) is 147 cm³/mol. The second-order valence-electron chi connectivity index (χ2n) is 14.3. The Hall–Kier alpha value is -1.30. The van der Waals surface area contributed by atoms with Gasteiger partial charge in [-0.2, -0.15) is 0 Å². The zero-order chi connectivity index (χ0) is 25.7. The summed E-state index contributed by atoms with van der Waals surface area (Å²) in [5.74, 6) is 3.69. The van der Waals surface area contributed by atoms with Gasteiger partial charge in [-0.15, -0.1) is 0 Å². The highest BCUT2D eigenvalue weighted by molar-refractivity contribution is 5.63. The molecule has 0 unspecified atom stereocenters. The minimum Gasteiger partial charge on any atom is -0.493 e. The molecule has 38 heavy (non-hydrogen) atoms. The van der Waals surface area contributed by atoms with Crippen LogP contribution in [0.2, 0.25) is 0 Å². The molecule has 1 aromatic carbocycles. The summed E-state index contributed by atoms with van der Waals surface area (Å²) in [5.41, 5.74) is 2.62. The number of aliphatic hydroxyl groups is 1. The number of nitrogens with zero attached hydrogens (tertiary/aromatic N) is 1. The second-order valence-corrected chi connectivity index (χ2v) is 14.3. The first-order valence-corrected chi connectivity index (χ1v) is 15.9. The molecule has 0 radical (unpaired) electrons. The van der Waals surface area contributed by atoms with Crippen LogP contribution in [-0.2, 0) is 16.6 Å². The number of likely N-dealkylation sites (tertiary alicyclic amines) is 1. The average Bonchev–Trinajstić information content (AvgIpc) is 3.70. The van der Waals surface area contributed by atoms with Gasteiger partial charge in [0.2, 0.25) is 0 Å². The van der Waals surface area contributed by atoms with Gasteiger partial charge >= 0.3 is 0 Å². The number of ether oxygens (including phenoxy) is 3. The molecule has 4 bridgehead atoms. The molecule has 5 saturated carbocycles. The van der Waals surface area contributed by atoms with Crippen molar-refractivity contribution in [1.29, 1.82) is 0 Å². The Bertz CT molecular complexity index is 1100. The number of methoxy groups -OCH3 is 2. The Morgan fingerprint density at radius 3 is 2.66 bits per heavy atom. The Kier molecular flexibility index (Phi) is 5.54. The van der Waals surface area contributed by atoms with Crippen molar-refractivity contribution in [2.75, 3.05) is 27.3 Å². The van der Waals surface area contributed by atoms with Crippen molar-refractivity contribution in [1.82, 2.24) is 4.90 Å². The van der Waals surface area contributed by atoms with Crippen molar-refractivity contribution in [3.8, 4) is 11.5 Å². The van der Waals surface area contributed by atoms with E-state index in [2.05, 4.69) is 17.0 Å². The van der Waals surface area contributed by atoms with Gasteiger partial charge in [0.05, 0.1) is 13.2 Å². The Morgan fingerprint density at radius 2 is 1.89 bits per heavy atom. The summed E-state index contributed by atoms with van der Waals surface area (Å²) in [7, 11) is 3.68. The Labute approximate surface area is 228 Å². The summed E-state index contributed by atoms with van der Waals surface area (Å²) in [6, 6.07) is 5.01. The van der Waals surface area contributed by atoms with Crippen LogP contribution in [-0.4, -0.2) is 61.2 Å². The lowest BCUT2D eigenvalue weighted by atomic mass is 9.34. The molecule has 7 atom stereocenters. The van der Waals surface area contributed by atoms with Crippen LogP contribution >= 0.6 is 0 Å². The molecule has 1 saturated heterocycles. The van der Waals surface area contributed by atoms with E-state index in [0.717, 1.165) is 68.4 Å². The van der Waals surface area contributed by atoms with Crippen molar-refractivity contribution in [2.24, 2.45) is 23.2 Å². The zero-order valence-electron chi connectivity index (χ0n) is 23.6. The number of piperidine rings is 1. The minimum atomic E-state index is -0.435. The third-order valence-corrected chi connectivity index (χ3v) is 13.0. The Balaban J connectivity index is 1.22. The summed E-state index contributed by atoms with van der Waals surface area (Å²) in [5, 5.41) is 12.0. The van der Waals surface area contributed by atoms with Gasteiger partial charge in [-0.25, -0.2) is 0 Å². The standard InChI is InChI=1S/C33H47NO4/c1-36-26-13-11-23-18-27-31-14-15-33(37-2,24(19-31)25(35)12-10-21-6-4-3-5-7-21)30-32(31,28(23)29(26)38-30)16-17-34(27)20-22-8-9-22/h11,13,21-22,24-25,27,30,35H,3-10,12,14-20H2,1-2H3/t24-,25-,27-,30-,31-,32+,33-/m1/s1. The summed E-state index contributed by atoms with van der Waals surface area (Å²) < 4.78 is 19.7. The van der Waals surface area contributed by atoms with Crippen LogP contribution in [0.5, 0.6) is 11.5 Å². The molecule has 1 N–H and O–H groups in total. The highest BCUT2D eigenvalue weighted by atomic mass is 16.6. The van der Waals surface area contributed by atoms with Gasteiger partial charge in [-0.1, -0.05) is 38.2 Å². The van der Waals surface area contributed by atoms with Gasteiger partial charge in [-0.05, 0) is 87.8 Å². The van der Waals surface area contributed by atoms with Gasteiger partial charge in [0.25, 0.3) is 0 Å². The highest BCUT2D eigenvalue weighted by Crippen LogP contribution is 2.77. The molecule has 2 spiro atoms. The molecule has 9 rings (SSSR count). The van der Waals surface area contributed by atoms with Crippen molar-refractivity contribution >= 4 is 0 Å². The van der Waals surface area contributed by atoms with E-state index in [4.69, 9.17) is 14.2 Å². The molecule has 2 aliphatic heterocycles. The van der Waals surface area contributed by atoms with Crippen LogP contribution in [0.15, 0.2) is 12.1 Å². The smallest absolute Gasteiger partial charge is 0.165 e. The molecular formula is C33H47NO4. The van der Waals surface area contributed by atoms with Gasteiger partial charge in [0.1, 0.15) is 11.7 Å². The molecule has 5 heteroatoms. The van der Waals surface area contributed by atoms with E-state index in [9.17, 15) is 5.11 Å². The fourth-order valence-corrected chi connectivity index (χ4v) is 11.1. The van der Waals surface area contributed by atoms with Crippen molar-refractivity contribution in [2.45, 2.75) is 119 Å². The third-order valence-electron chi connectivity index (χ3n) is 13.0. The third kappa shape index (κ3) is 3.05. The topological polar surface area (TPSA) is 51.2 Å². The molecule has 0 aromatic heterocycles. The monoisotopic (exact) mass is 521 g/mol. The number of aliphatic hydroxyl groups excluding tert-OH is 1. The SMILES string of the molecule is COc1ccc2c3c1O[C@H]1[C@@]4(OC)CC[C@@]5(C[C@@H]4[C@H](O)CCC4CCCCC4)[C@@H](C2)N(CC2CC2)CC[C@]315. The lowest BCUT2D eigenvalue weighted by Crippen LogP contribution is -2.81. The first-order chi connectivity index (χ1) is 18.6. The first-order valence-electron chi connectivity index (χ1n) is 15.9. The molecule has 6 aliphatic carbocycles. The van der Waals surface area contributed by atoms with Crippen molar-refractivity contribution < 1.29 is 19.3 Å². The molecule has 0 amide bonds. The number of rotatable bonds is 8. The number of hydrogen-bond donors (Lipinski definition) is 1. The van der Waals surface area contributed by atoms with Crippen LogP contribution < -0.4 is 9.47 Å². The average molecular weight is 522 g/mol.